The van der Waals surface area contributed by atoms with Crippen molar-refractivity contribution in [1.29, 1.82) is 0 Å². The Labute approximate surface area is 149 Å². The highest BCUT2D eigenvalue weighted by molar-refractivity contribution is 5.90. The molecule has 136 valence electrons. The number of carbonyl (C=O) groups excluding carboxylic acids is 2. The van der Waals surface area contributed by atoms with Crippen molar-refractivity contribution in [2.24, 2.45) is 5.92 Å². The molecule has 0 bridgehead atoms. The second kappa shape index (κ2) is 7.07. The van der Waals surface area contributed by atoms with E-state index in [1.807, 2.05) is 0 Å². The Kier molecular flexibility index (Phi) is 4.83. The first kappa shape index (κ1) is 17.8. The van der Waals surface area contributed by atoms with Gasteiger partial charge in [-0.3, -0.25) is 9.59 Å². The normalized spacial score (nSPS) is 15.3. The molecule has 2 aromatic rings. The van der Waals surface area contributed by atoms with Gasteiger partial charge in [-0.2, -0.15) is 4.98 Å². The second-order valence-corrected chi connectivity index (χ2v) is 6.29. The summed E-state index contributed by atoms with van der Waals surface area (Å²) in [5.74, 6) is -0.337. The minimum atomic E-state index is -0.477. The molecule has 26 heavy (non-hydrogen) atoms. The van der Waals surface area contributed by atoms with E-state index in [-0.39, 0.29) is 29.4 Å². The van der Waals surface area contributed by atoms with E-state index in [2.05, 4.69) is 22.0 Å². The Morgan fingerprint density at radius 3 is 2.85 bits per heavy atom. The lowest BCUT2D eigenvalue weighted by atomic mass is 9.98. The molecule has 1 aliphatic rings. The number of rotatable bonds is 5. The molecule has 2 amide bonds. The number of hydrogen-bond acceptors (Lipinski definition) is 5. The number of benzene rings is 1. The molecule has 1 atom stereocenters. The van der Waals surface area contributed by atoms with Gasteiger partial charge >= 0.3 is 0 Å². The Balaban J connectivity index is 1.61. The third-order valence-corrected chi connectivity index (χ3v) is 4.33. The van der Waals surface area contributed by atoms with Crippen LogP contribution in [0.4, 0.5) is 4.39 Å². The van der Waals surface area contributed by atoms with Crippen LogP contribution >= 0.6 is 0 Å². The molecule has 2 heterocycles. The van der Waals surface area contributed by atoms with Crippen molar-refractivity contribution in [2.75, 3.05) is 13.1 Å². The number of nitrogens with zero attached hydrogens (tertiary/aromatic N) is 3. The van der Waals surface area contributed by atoms with Crippen LogP contribution in [-0.4, -0.2) is 39.9 Å². The molecular weight excluding hydrogens is 339 g/mol. The number of halogens is 1. The van der Waals surface area contributed by atoms with Crippen LogP contribution in [0.15, 0.2) is 35.4 Å². The standard InChI is InChI=1S/C18H19FN4O3/c1-4-15(24)23-8-13(9-23)17(25)20-11(3)18-21-16(22-26-18)12-5-6-14(19)10(2)7-12/h4-7,11,13H,1,8-9H2,2-3H3,(H,20,25). The van der Waals surface area contributed by atoms with E-state index in [9.17, 15) is 14.0 Å². The number of carbonyl (C=O) groups is 2. The molecule has 0 aliphatic carbocycles. The molecule has 0 spiro atoms. The van der Waals surface area contributed by atoms with Gasteiger partial charge in [-0.25, -0.2) is 4.39 Å². The minimum Gasteiger partial charge on any atom is -0.344 e. The maximum Gasteiger partial charge on any atom is 0.249 e. The van der Waals surface area contributed by atoms with Gasteiger partial charge in [0.2, 0.25) is 23.5 Å². The van der Waals surface area contributed by atoms with Crippen LogP contribution in [-0.2, 0) is 9.59 Å². The summed E-state index contributed by atoms with van der Waals surface area (Å²) in [6.07, 6.45) is 1.23. The van der Waals surface area contributed by atoms with E-state index in [4.69, 9.17) is 4.52 Å². The first-order valence-corrected chi connectivity index (χ1v) is 8.21. The molecule has 1 aromatic heterocycles. The van der Waals surface area contributed by atoms with Crippen LogP contribution in [0.3, 0.4) is 0 Å². The highest BCUT2D eigenvalue weighted by atomic mass is 19.1. The average Bonchev–Trinajstić information content (AvgIpc) is 3.06. The summed E-state index contributed by atoms with van der Waals surface area (Å²) in [6, 6.07) is 4.07. The Morgan fingerprint density at radius 2 is 2.19 bits per heavy atom. The molecule has 1 unspecified atom stereocenters. The summed E-state index contributed by atoms with van der Waals surface area (Å²) in [6.45, 7) is 7.54. The van der Waals surface area contributed by atoms with E-state index in [1.165, 1.54) is 12.1 Å². The molecule has 1 saturated heterocycles. The van der Waals surface area contributed by atoms with Crippen LogP contribution in [0.5, 0.6) is 0 Å². The summed E-state index contributed by atoms with van der Waals surface area (Å²) in [5, 5.41) is 6.69. The first-order valence-electron chi connectivity index (χ1n) is 8.21. The number of nitrogens with one attached hydrogen (secondary N) is 1. The van der Waals surface area contributed by atoms with Gasteiger partial charge < -0.3 is 14.7 Å². The predicted molar refractivity (Wildman–Crippen MR) is 91.3 cm³/mol. The van der Waals surface area contributed by atoms with Gasteiger partial charge in [0.25, 0.3) is 0 Å². The average molecular weight is 358 g/mol. The van der Waals surface area contributed by atoms with Gasteiger partial charge in [-0.1, -0.05) is 11.7 Å². The van der Waals surface area contributed by atoms with Crippen molar-refractivity contribution in [3.05, 3.63) is 48.1 Å². The van der Waals surface area contributed by atoms with Crippen molar-refractivity contribution >= 4 is 11.8 Å². The number of aromatic nitrogens is 2. The van der Waals surface area contributed by atoms with Crippen molar-refractivity contribution in [3.63, 3.8) is 0 Å². The van der Waals surface area contributed by atoms with Crippen LogP contribution in [0.25, 0.3) is 11.4 Å². The molecule has 1 aliphatic heterocycles. The quantitative estimate of drug-likeness (QED) is 0.826. The van der Waals surface area contributed by atoms with E-state index in [0.29, 0.717) is 30.0 Å². The lowest BCUT2D eigenvalue weighted by Crippen LogP contribution is -2.55. The van der Waals surface area contributed by atoms with Gasteiger partial charge in [-0.15, -0.1) is 0 Å². The Hall–Kier alpha value is -3.03. The van der Waals surface area contributed by atoms with E-state index in [1.54, 1.807) is 30.9 Å². The van der Waals surface area contributed by atoms with Crippen LogP contribution < -0.4 is 5.32 Å². The van der Waals surface area contributed by atoms with E-state index < -0.39 is 6.04 Å². The largest absolute Gasteiger partial charge is 0.344 e. The minimum absolute atomic E-state index is 0.178. The lowest BCUT2D eigenvalue weighted by Gasteiger charge is -2.37. The Morgan fingerprint density at radius 1 is 1.46 bits per heavy atom. The highest BCUT2D eigenvalue weighted by Gasteiger charge is 2.35. The SMILES string of the molecule is C=CC(=O)N1CC(C(=O)NC(C)c2nc(-c3ccc(F)c(C)c3)no2)C1. The lowest BCUT2D eigenvalue weighted by molar-refractivity contribution is -0.139. The van der Waals surface area contributed by atoms with Crippen LogP contribution in [0.1, 0.15) is 24.4 Å². The fraction of sp³-hybridized carbons (Fsp3) is 0.333. The van der Waals surface area contributed by atoms with Crippen molar-refractivity contribution < 1.29 is 18.5 Å². The number of aryl methyl sites for hydroxylation is 1. The van der Waals surface area contributed by atoms with Gasteiger partial charge in [0.15, 0.2) is 0 Å². The van der Waals surface area contributed by atoms with Gasteiger partial charge in [0.1, 0.15) is 11.9 Å². The molecule has 8 heteroatoms. The van der Waals surface area contributed by atoms with Crippen molar-refractivity contribution in [1.82, 2.24) is 20.4 Å². The Bertz CT molecular complexity index is 858. The summed E-state index contributed by atoms with van der Waals surface area (Å²) in [5.41, 5.74) is 1.12. The molecule has 1 N–H and O–H groups in total. The second-order valence-electron chi connectivity index (χ2n) is 6.29. The molecular formula is C18H19FN4O3. The van der Waals surface area contributed by atoms with E-state index >= 15 is 0 Å². The summed E-state index contributed by atoms with van der Waals surface area (Å²) in [7, 11) is 0. The molecule has 0 saturated carbocycles. The van der Waals surface area contributed by atoms with Crippen LogP contribution in [0.2, 0.25) is 0 Å². The fourth-order valence-corrected chi connectivity index (χ4v) is 2.66. The van der Waals surface area contributed by atoms with Gasteiger partial charge in [0, 0.05) is 18.7 Å². The third kappa shape index (κ3) is 3.49. The zero-order valence-corrected chi connectivity index (χ0v) is 14.5. The van der Waals surface area contributed by atoms with Crippen molar-refractivity contribution in [3.8, 4) is 11.4 Å². The number of likely N-dealkylation sites (tertiary alicyclic amines) is 1. The van der Waals surface area contributed by atoms with Gasteiger partial charge in [0.05, 0.1) is 5.92 Å². The van der Waals surface area contributed by atoms with Crippen molar-refractivity contribution in [2.45, 2.75) is 19.9 Å². The summed E-state index contributed by atoms with van der Waals surface area (Å²) < 4.78 is 18.6. The first-order chi connectivity index (χ1) is 12.4. The maximum atomic E-state index is 13.4. The zero-order valence-electron chi connectivity index (χ0n) is 14.5. The highest BCUT2D eigenvalue weighted by Crippen LogP contribution is 2.22. The smallest absolute Gasteiger partial charge is 0.249 e. The molecule has 3 rings (SSSR count). The van der Waals surface area contributed by atoms with Crippen LogP contribution in [0, 0.1) is 18.7 Å². The molecule has 1 fully saturated rings. The monoisotopic (exact) mass is 358 g/mol. The van der Waals surface area contributed by atoms with E-state index in [0.717, 1.165) is 0 Å². The topological polar surface area (TPSA) is 88.3 Å². The third-order valence-electron chi connectivity index (χ3n) is 4.33. The zero-order chi connectivity index (χ0) is 18.8. The number of hydrogen-bond donors (Lipinski definition) is 1. The fourth-order valence-electron chi connectivity index (χ4n) is 2.66. The molecule has 7 nitrogen and oxygen atoms in total. The van der Waals surface area contributed by atoms with Gasteiger partial charge in [-0.05, 0) is 43.7 Å². The molecule has 1 aromatic carbocycles. The maximum absolute atomic E-state index is 13.4. The summed E-state index contributed by atoms with van der Waals surface area (Å²) in [4.78, 5) is 29.4. The molecule has 0 radical (unpaired) electrons. The number of amides is 2. The summed E-state index contributed by atoms with van der Waals surface area (Å²) >= 11 is 0. The predicted octanol–water partition coefficient (Wildman–Crippen LogP) is 2.01.